The predicted molar refractivity (Wildman–Crippen MR) is 112 cm³/mol. The van der Waals surface area contributed by atoms with Crippen molar-refractivity contribution >= 4 is 28.2 Å². The van der Waals surface area contributed by atoms with Crippen LogP contribution in [-0.2, 0) is 9.53 Å². The van der Waals surface area contributed by atoms with E-state index in [1.165, 1.54) is 11.3 Å². The van der Waals surface area contributed by atoms with Crippen molar-refractivity contribution in [1.29, 1.82) is 0 Å². The average Bonchev–Trinajstić information content (AvgIpc) is 3.07. The Labute approximate surface area is 174 Å². The van der Waals surface area contributed by atoms with Gasteiger partial charge in [0.1, 0.15) is 17.6 Å². The Morgan fingerprint density at radius 2 is 2.03 bits per heavy atom. The lowest BCUT2D eigenvalue weighted by molar-refractivity contribution is -0.117. The van der Waals surface area contributed by atoms with Gasteiger partial charge in [-0.3, -0.25) is 9.69 Å². The highest BCUT2D eigenvalue weighted by molar-refractivity contribution is 7.18. The second-order valence-electron chi connectivity index (χ2n) is 6.72. The van der Waals surface area contributed by atoms with Crippen LogP contribution in [0.3, 0.4) is 0 Å². The van der Waals surface area contributed by atoms with E-state index in [9.17, 15) is 9.59 Å². The van der Waals surface area contributed by atoms with Crippen molar-refractivity contribution in [3.05, 3.63) is 40.8 Å². The molecule has 1 atom stereocenters. The molecule has 3 rings (SSSR count). The summed E-state index contributed by atoms with van der Waals surface area (Å²) in [7, 11) is 0. The van der Waals surface area contributed by atoms with E-state index in [-0.39, 0.29) is 24.5 Å². The van der Waals surface area contributed by atoms with Crippen LogP contribution in [0.4, 0.5) is 5.00 Å². The van der Waals surface area contributed by atoms with E-state index in [0.717, 1.165) is 17.1 Å². The molecule has 0 bridgehead atoms. The summed E-state index contributed by atoms with van der Waals surface area (Å²) in [6, 6.07) is 9.36. The molecule has 156 valence electrons. The minimum Gasteiger partial charge on any atom is -0.486 e. The lowest BCUT2D eigenvalue weighted by Crippen LogP contribution is -2.43. The summed E-state index contributed by atoms with van der Waals surface area (Å²) >= 11 is 1.23. The third kappa shape index (κ3) is 5.48. The van der Waals surface area contributed by atoms with Crippen LogP contribution in [0.2, 0.25) is 0 Å². The average molecular weight is 419 g/mol. The van der Waals surface area contributed by atoms with Gasteiger partial charge in [0, 0.05) is 6.54 Å². The summed E-state index contributed by atoms with van der Waals surface area (Å²) in [5.41, 5.74) is 0.794. The molecule has 1 aromatic carbocycles. The first kappa shape index (κ1) is 21.1. The second-order valence-corrected chi connectivity index (χ2v) is 7.77. The zero-order valence-electron chi connectivity index (χ0n) is 16.9. The van der Waals surface area contributed by atoms with Crippen LogP contribution in [0.15, 0.2) is 30.3 Å². The number of carbonyl (C=O) groups is 2. The zero-order chi connectivity index (χ0) is 20.8. The summed E-state index contributed by atoms with van der Waals surface area (Å²) in [6.07, 6.45) is -0.142. The van der Waals surface area contributed by atoms with E-state index in [4.69, 9.17) is 14.2 Å². The normalized spacial score (nSPS) is 15.2. The molecule has 1 amide bonds. The Bertz CT molecular complexity index is 867. The molecule has 1 aromatic heterocycles. The maximum Gasteiger partial charge on any atom is 0.348 e. The molecule has 1 aliphatic heterocycles. The van der Waals surface area contributed by atoms with Crippen molar-refractivity contribution < 1.29 is 23.8 Å². The molecule has 1 N–H and O–H groups in total. The van der Waals surface area contributed by atoms with E-state index in [1.807, 2.05) is 43.0 Å². The number of nitrogens with one attached hydrogen (secondary N) is 1. The van der Waals surface area contributed by atoms with Gasteiger partial charge in [-0.15, -0.1) is 11.3 Å². The van der Waals surface area contributed by atoms with Gasteiger partial charge in [-0.2, -0.15) is 0 Å². The van der Waals surface area contributed by atoms with E-state index < -0.39 is 0 Å². The number of carbonyl (C=O) groups excluding carboxylic acids is 2. The van der Waals surface area contributed by atoms with Crippen LogP contribution in [0, 0.1) is 6.92 Å². The van der Waals surface area contributed by atoms with Crippen molar-refractivity contribution in [2.45, 2.75) is 26.9 Å². The van der Waals surface area contributed by atoms with E-state index in [1.54, 1.807) is 13.0 Å². The highest BCUT2D eigenvalue weighted by Crippen LogP contribution is 2.31. The molecule has 2 heterocycles. The fourth-order valence-corrected chi connectivity index (χ4v) is 4.05. The molecule has 0 aliphatic carbocycles. The monoisotopic (exact) mass is 418 g/mol. The number of fused-ring (bicyclic) bond motifs is 1. The van der Waals surface area contributed by atoms with Gasteiger partial charge in [0.2, 0.25) is 5.91 Å². The topological polar surface area (TPSA) is 77.1 Å². The number of rotatable bonds is 8. The molecule has 2 aromatic rings. The first-order valence-electron chi connectivity index (χ1n) is 9.68. The Morgan fingerprint density at radius 1 is 1.28 bits per heavy atom. The fraction of sp³-hybridized carbons (Fsp3) is 0.429. The molecule has 0 spiro atoms. The Balaban J connectivity index is 1.54. The molecule has 7 nitrogen and oxygen atoms in total. The van der Waals surface area contributed by atoms with Crippen molar-refractivity contribution in [3.63, 3.8) is 0 Å². The van der Waals surface area contributed by atoms with Gasteiger partial charge in [0.05, 0.1) is 18.2 Å². The van der Waals surface area contributed by atoms with Gasteiger partial charge in [-0.05, 0) is 44.2 Å². The molecule has 0 unspecified atom stereocenters. The number of ether oxygens (including phenoxy) is 3. The van der Waals surface area contributed by atoms with Crippen LogP contribution in [0.25, 0.3) is 0 Å². The zero-order valence-corrected chi connectivity index (χ0v) is 17.7. The smallest absolute Gasteiger partial charge is 0.348 e. The Hall–Kier alpha value is -2.58. The number of likely N-dealkylation sites (N-methyl/N-ethyl adjacent to an activating group) is 1. The number of anilines is 1. The molecule has 29 heavy (non-hydrogen) atoms. The third-order valence-electron chi connectivity index (χ3n) is 4.49. The molecular weight excluding hydrogens is 392 g/mol. The van der Waals surface area contributed by atoms with Crippen LogP contribution < -0.4 is 14.8 Å². The Morgan fingerprint density at radius 3 is 2.76 bits per heavy atom. The lowest BCUT2D eigenvalue weighted by Gasteiger charge is -2.30. The SMILES string of the molecule is CCOC(=O)c1sc(NC(=O)CN(CC)C[C@H]2COc3ccccc3O2)cc1C. The van der Waals surface area contributed by atoms with Crippen molar-refractivity contribution in [2.75, 3.05) is 38.2 Å². The highest BCUT2D eigenvalue weighted by Gasteiger charge is 2.24. The second kappa shape index (κ2) is 9.76. The summed E-state index contributed by atoms with van der Waals surface area (Å²) < 4.78 is 16.8. The third-order valence-corrected chi connectivity index (χ3v) is 5.62. The molecule has 0 saturated carbocycles. The number of benzene rings is 1. The van der Waals surface area contributed by atoms with Gasteiger partial charge in [-0.1, -0.05) is 19.1 Å². The van der Waals surface area contributed by atoms with Gasteiger partial charge in [0.15, 0.2) is 11.5 Å². The molecule has 8 heteroatoms. The number of nitrogens with zero attached hydrogens (tertiary/aromatic N) is 1. The number of hydrogen-bond acceptors (Lipinski definition) is 7. The number of amides is 1. The predicted octanol–water partition coefficient (Wildman–Crippen LogP) is 3.33. The maximum absolute atomic E-state index is 12.5. The summed E-state index contributed by atoms with van der Waals surface area (Å²) in [4.78, 5) is 27.0. The van der Waals surface area contributed by atoms with Crippen LogP contribution >= 0.6 is 11.3 Å². The standard InChI is InChI=1S/C21H26N2O5S/c1-4-23(11-15-13-27-16-8-6-7-9-17(16)28-15)12-18(24)22-19-10-14(3)20(29-19)21(25)26-5-2/h6-10,15H,4-5,11-13H2,1-3H3,(H,22,24)/t15-/m0/s1. The van der Waals surface area contributed by atoms with Crippen molar-refractivity contribution in [2.24, 2.45) is 0 Å². The molecule has 0 fully saturated rings. The summed E-state index contributed by atoms with van der Waals surface area (Å²) in [5, 5.41) is 3.51. The van der Waals surface area contributed by atoms with E-state index in [0.29, 0.717) is 36.2 Å². The van der Waals surface area contributed by atoms with Crippen molar-refractivity contribution in [3.8, 4) is 11.5 Å². The van der Waals surface area contributed by atoms with Gasteiger partial charge in [-0.25, -0.2) is 4.79 Å². The quantitative estimate of drug-likeness (QED) is 0.663. The summed E-state index contributed by atoms with van der Waals surface area (Å²) in [6.45, 7) is 7.87. The first-order valence-corrected chi connectivity index (χ1v) is 10.5. The minimum atomic E-state index is -0.361. The van der Waals surface area contributed by atoms with Crippen LogP contribution in [0.1, 0.15) is 29.1 Å². The molecular formula is C21H26N2O5S. The van der Waals surface area contributed by atoms with Gasteiger partial charge in [0.25, 0.3) is 0 Å². The van der Waals surface area contributed by atoms with E-state index in [2.05, 4.69) is 5.32 Å². The molecule has 0 radical (unpaired) electrons. The minimum absolute atomic E-state index is 0.138. The van der Waals surface area contributed by atoms with Gasteiger partial charge >= 0.3 is 5.97 Å². The first-order chi connectivity index (χ1) is 14.0. The number of aryl methyl sites for hydroxylation is 1. The highest BCUT2D eigenvalue weighted by atomic mass is 32.1. The largest absolute Gasteiger partial charge is 0.486 e. The number of esters is 1. The lowest BCUT2D eigenvalue weighted by atomic mass is 10.2. The molecule has 1 aliphatic rings. The number of hydrogen-bond donors (Lipinski definition) is 1. The van der Waals surface area contributed by atoms with Crippen molar-refractivity contribution in [1.82, 2.24) is 4.90 Å². The van der Waals surface area contributed by atoms with Gasteiger partial charge < -0.3 is 19.5 Å². The van der Waals surface area contributed by atoms with E-state index >= 15 is 0 Å². The summed E-state index contributed by atoms with van der Waals surface area (Å²) in [5.74, 6) is 0.973. The Kier molecular flexibility index (Phi) is 7.11. The van der Waals surface area contributed by atoms with Crippen LogP contribution in [0.5, 0.6) is 11.5 Å². The number of para-hydroxylation sites is 2. The molecule has 0 saturated heterocycles. The number of thiophene rings is 1. The fourth-order valence-electron chi connectivity index (χ4n) is 3.07. The van der Waals surface area contributed by atoms with Crippen LogP contribution in [-0.4, -0.2) is 55.7 Å². The maximum atomic E-state index is 12.5.